The van der Waals surface area contributed by atoms with Gasteiger partial charge in [0, 0.05) is 6.04 Å². The van der Waals surface area contributed by atoms with Crippen LogP contribution in [0.3, 0.4) is 0 Å². The second-order valence-electron chi connectivity index (χ2n) is 5.32. The van der Waals surface area contributed by atoms with Crippen molar-refractivity contribution in [2.24, 2.45) is 5.92 Å². The number of carbonyl (C=O) groups is 2. The molecule has 114 valence electrons. The largest absolute Gasteiger partial charge is 0.485 e. The van der Waals surface area contributed by atoms with Crippen molar-refractivity contribution in [3.05, 3.63) is 24.3 Å². The Kier molecular flexibility index (Phi) is 4.67. The number of nitrogens with one attached hydrogen (secondary N) is 1. The number of para-hydroxylation sites is 2. The van der Waals surface area contributed by atoms with E-state index in [1.54, 1.807) is 18.2 Å². The number of hydrogen-bond acceptors (Lipinski definition) is 4. The maximum Gasteiger partial charge on any atom is 0.305 e. The van der Waals surface area contributed by atoms with Gasteiger partial charge in [-0.3, -0.25) is 9.59 Å². The Labute approximate surface area is 123 Å². The van der Waals surface area contributed by atoms with Crippen LogP contribution in [0.15, 0.2) is 24.3 Å². The summed E-state index contributed by atoms with van der Waals surface area (Å²) in [6.07, 6.45) is -0.886. The second-order valence-corrected chi connectivity index (χ2v) is 5.32. The average Bonchev–Trinajstić information content (AvgIpc) is 2.45. The van der Waals surface area contributed by atoms with Crippen molar-refractivity contribution in [1.82, 2.24) is 5.32 Å². The first-order valence-electron chi connectivity index (χ1n) is 6.88. The van der Waals surface area contributed by atoms with Crippen LogP contribution in [0.5, 0.6) is 11.5 Å². The lowest BCUT2D eigenvalue weighted by Crippen LogP contribution is -2.49. The first-order valence-corrected chi connectivity index (χ1v) is 6.88. The molecule has 2 atom stereocenters. The highest BCUT2D eigenvalue weighted by Crippen LogP contribution is 2.30. The van der Waals surface area contributed by atoms with Gasteiger partial charge in [0.15, 0.2) is 11.5 Å². The lowest BCUT2D eigenvalue weighted by Gasteiger charge is -2.28. The van der Waals surface area contributed by atoms with Crippen molar-refractivity contribution in [3.63, 3.8) is 0 Å². The zero-order valence-electron chi connectivity index (χ0n) is 12.0. The molecule has 2 unspecified atom stereocenters. The van der Waals surface area contributed by atoms with Gasteiger partial charge in [0.2, 0.25) is 6.10 Å². The highest BCUT2D eigenvalue weighted by molar-refractivity contribution is 5.82. The van der Waals surface area contributed by atoms with E-state index in [2.05, 4.69) is 5.32 Å². The van der Waals surface area contributed by atoms with Crippen molar-refractivity contribution >= 4 is 11.9 Å². The fraction of sp³-hybridized carbons (Fsp3) is 0.467. The summed E-state index contributed by atoms with van der Waals surface area (Å²) in [4.78, 5) is 23.0. The summed E-state index contributed by atoms with van der Waals surface area (Å²) in [6.45, 7) is 3.84. The van der Waals surface area contributed by atoms with Crippen molar-refractivity contribution in [3.8, 4) is 11.5 Å². The molecule has 1 aliphatic rings. The first-order chi connectivity index (χ1) is 9.97. The molecule has 0 spiro atoms. The average molecular weight is 293 g/mol. The highest BCUT2D eigenvalue weighted by atomic mass is 16.6. The fourth-order valence-corrected chi connectivity index (χ4v) is 2.07. The Hall–Kier alpha value is -2.24. The van der Waals surface area contributed by atoms with Gasteiger partial charge in [0.1, 0.15) is 6.61 Å². The molecule has 1 aromatic carbocycles. The molecule has 0 aromatic heterocycles. The van der Waals surface area contributed by atoms with Gasteiger partial charge in [-0.15, -0.1) is 0 Å². The third kappa shape index (κ3) is 3.87. The molecular weight excluding hydrogens is 274 g/mol. The number of ether oxygens (including phenoxy) is 2. The van der Waals surface area contributed by atoms with E-state index in [-0.39, 0.29) is 24.9 Å². The van der Waals surface area contributed by atoms with Gasteiger partial charge >= 0.3 is 5.97 Å². The van der Waals surface area contributed by atoms with Gasteiger partial charge in [0.05, 0.1) is 6.42 Å². The number of rotatable bonds is 5. The van der Waals surface area contributed by atoms with Crippen LogP contribution in [0.2, 0.25) is 0 Å². The smallest absolute Gasteiger partial charge is 0.305 e. The third-order valence-corrected chi connectivity index (χ3v) is 3.33. The van der Waals surface area contributed by atoms with Gasteiger partial charge in [0.25, 0.3) is 5.91 Å². The molecule has 0 saturated heterocycles. The Morgan fingerprint density at radius 2 is 2.00 bits per heavy atom. The molecule has 0 fully saturated rings. The monoisotopic (exact) mass is 293 g/mol. The van der Waals surface area contributed by atoms with Crippen LogP contribution in [0.25, 0.3) is 0 Å². The minimum Gasteiger partial charge on any atom is -0.485 e. The molecule has 0 bridgehead atoms. The number of fused-ring (bicyclic) bond motifs is 1. The van der Waals surface area contributed by atoms with Gasteiger partial charge < -0.3 is 19.9 Å². The third-order valence-electron chi connectivity index (χ3n) is 3.33. The predicted molar refractivity (Wildman–Crippen MR) is 75.4 cm³/mol. The highest BCUT2D eigenvalue weighted by Gasteiger charge is 2.30. The van der Waals surface area contributed by atoms with E-state index in [1.165, 1.54) is 0 Å². The summed E-state index contributed by atoms with van der Waals surface area (Å²) in [7, 11) is 0. The summed E-state index contributed by atoms with van der Waals surface area (Å²) < 4.78 is 11.1. The molecule has 2 N–H and O–H groups in total. The van der Waals surface area contributed by atoms with Crippen molar-refractivity contribution in [2.45, 2.75) is 32.4 Å². The molecule has 2 rings (SSSR count). The van der Waals surface area contributed by atoms with E-state index in [4.69, 9.17) is 14.6 Å². The summed E-state index contributed by atoms with van der Waals surface area (Å²) in [5, 5.41) is 11.6. The Morgan fingerprint density at radius 1 is 1.33 bits per heavy atom. The number of carboxylic acids is 1. The number of carbonyl (C=O) groups excluding carboxylic acids is 1. The number of amides is 1. The lowest BCUT2D eigenvalue weighted by atomic mass is 10.0. The zero-order valence-corrected chi connectivity index (χ0v) is 12.0. The normalized spacial score (nSPS) is 18.1. The van der Waals surface area contributed by atoms with Gasteiger partial charge in [-0.1, -0.05) is 26.0 Å². The van der Waals surface area contributed by atoms with Gasteiger partial charge in [-0.25, -0.2) is 0 Å². The van der Waals surface area contributed by atoms with E-state index in [0.29, 0.717) is 11.5 Å². The standard InChI is InChI=1S/C15H19NO5/c1-9(2)10(7-14(17)18)16-15(19)13-8-20-11-5-3-4-6-12(11)21-13/h3-6,9-10,13H,7-8H2,1-2H3,(H,16,19)(H,17,18). The molecule has 0 aliphatic carbocycles. The minimum absolute atomic E-state index is 0.0156. The number of aliphatic carboxylic acids is 1. The Balaban J connectivity index is 1.99. The summed E-state index contributed by atoms with van der Waals surface area (Å²) in [5.74, 6) is -0.165. The molecule has 6 heteroatoms. The molecule has 1 aromatic rings. The summed E-state index contributed by atoms with van der Waals surface area (Å²) >= 11 is 0. The van der Waals surface area contributed by atoms with Crippen LogP contribution in [0.4, 0.5) is 0 Å². The Morgan fingerprint density at radius 3 is 2.62 bits per heavy atom. The van der Waals surface area contributed by atoms with Crippen LogP contribution >= 0.6 is 0 Å². The molecule has 1 amide bonds. The Bertz CT molecular complexity index is 529. The fourth-order valence-electron chi connectivity index (χ4n) is 2.07. The number of carboxylic acid groups (broad SMARTS) is 1. The molecule has 21 heavy (non-hydrogen) atoms. The maximum absolute atomic E-state index is 12.2. The van der Waals surface area contributed by atoms with E-state index < -0.39 is 18.1 Å². The summed E-state index contributed by atoms with van der Waals surface area (Å²) in [5.41, 5.74) is 0. The van der Waals surface area contributed by atoms with Crippen LogP contribution in [-0.2, 0) is 9.59 Å². The van der Waals surface area contributed by atoms with Gasteiger partial charge in [-0.2, -0.15) is 0 Å². The second kappa shape index (κ2) is 6.47. The van der Waals surface area contributed by atoms with Crippen LogP contribution in [0.1, 0.15) is 20.3 Å². The minimum atomic E-state index is -0.944. The van der Waals surface area contributed by atoms with Crippen molar-refractivity contribution in [2.75, 3.05) is 6.61 Å². The zero-order chi connectivity index (χ0) is 15.4. The first kappa shape index (κ1) is 15.2. The molecule has 0 radical (unpaired) electrons. The van der Waals surface area contributed by atoms with E-state index in [0.717, 1.165) is 0 Å². The molecular formula is C15H19NO5. The van der Waals surface area contributed by atoms with Crippen LogP contribution < -0.4 is 14.8 Å². The molecule has 0 saturated carbocycles. The number of benzene rings is 1. The van der Waals surface area contributed by atoms with Crippen LogP contribution in [-0.4, -0.2) is 35.7 Å². The van der Waals surface area contributed by atoms with E-state index in [9.17, 15) is 9.59 Å². The predicted octanol–water partition coefficient (Wildman–Crippen LogP) is 1.44. The van der Waals surface area contributed by atoms with Crippen LogP contribution in [0, 0.1) is 5.92 Å². The maximum atomic E-state index is 12.2. The molecule has 1 heterocycles. The molecule has 1 aliphatic heterocycles. The van der Waals surface area contributed by atoms with Crippen molar-refractivity contribution < 1.29 is 24.2 Å². The van der Waals surface area contributed by atoms with Gasteiger partial charge in [-0.05, 0) is 18.1 Å². The SMILES string of the molecule is CC(C)C(CC(=O)O)NC(=O)C1COc2ccccc2O1. The van der Waals surface area contributed by atoms with E-state index in [1.807, 2.05) is 19.9 Å². The summed E-state index contributed by atoms with van der Waals surface area (Å²) in [6, 6.07) is 6.68. The van der Waals surface area contributed by atoms with E-state index >= 15 is 0 Å². The quantitative estimate of drug-likeness (QED) is 0.858. The molecule has 6 nitrogen and oxygen atoms in total. The lowest BCUT2D eigenvalue weighted by molar-refractivity contribution is -0.138. The topological polar surface area (TPSA) is 84.9 Å². The number of hydrogen-bond donors (Lipinski definition) is 2. The van der Waals surface area contributed by atoms with Crippen molar-refractivity contribution in [1.29, 1.82) is 0 Å².